The molecule has 0 aromatic heterocycles. The van der Waals surface area contributed by atoms with Crippen LogP contribution >= 0.6 is 11.6 Å². The van der Waals surface area contributed by atoms with Crippen molar-refractivity contribution in [3.8, 4) is 0 Å². The van der Waals surface area contributed by atoms with Crippen LogP contribution in [-0.2, 0) is 17.8 Å². The van der Waals surface area contributed by atoms with Gasteiger partial charge in [-0.3, -0.25) is 4.79 Å². The zero-order chi connectivity index (χ0) is 18.1. The number of hydrogen-bond acceptors (Lipinski definition) is 2. The Balaban J connectivity index is 1.59. The second kappa shape index (κ2) is 9.64. The molecule has 3 N–H and O–H groups in total. The lowest BCUT2D eigenvalue weighted by atomic mass is 10.1. The lowest BCUT2D eigenvalue weighted by Gasteiger charge is -2.09. The number of halogens is 2. The van der Waals surface area contributed by atoms with Gasteiger partial charge in [-0.25, -0.2) is 9.18 Å². The van der Waals surface area contributed by atoms with Crippen LogP contribution in [0.4, 0.5) is 9.18 Å². The zero-order valence-electron chi connectivity index (χ0n) is 13.5. The molecular formula is C18H19ClFN3O2. The Labute approximate surface area is 150 Å². The molecule has 2 rings (SSSR count). The highest BCUT2D eigenvalue weighted by molar-refractivity contribution is 6.30. The van der Waals surface area contributed by atoms with E-state index in [0.29, 0.717) is 18.0 Å². The molecule has 0 aliphatic heterocycles. The molecule has 0 unspecified atom stereocenters. The van der Waals surface area contributed by atoms with E-state index in [-0.39, 0.29) is 24.8 Å². The number of hydrogen-bond donors (Lipinski definition) is 3. The Morgan fingerprint density at radius 1 is 0.880 bits per heavy atom. The van der Waals surface area contributed by atoms with Gasteiger partial charge in [0, 0.05) is 18.1 Å². The minimum atomic E-state index is -0.461. The molecule has 0 aliphatic rings. The largest absolute Gasteiger partial charge is 0.354 e. The van der Waals surface area contributed by atoms with E-state index < -0.39 is 6.03 Å². The summed E-state index contributed by atoms with van der Waals surface area (Å²) in [5, 5.41) is 8.46. The molecule has 0 saturated carbocycles. The highest BCUT2D eigenvalue weighted by Gasteiger charge is 2.05. The average molecular weight is 364 g/mol. The van der Waals surface area contributed by atoms with Gasteiger partial charge >= 0.3 is 6.03 Å². The Morgan fingerprint density at radius 3 is 2.20 bits per heavy atom. The molecule has 5 nitrogen and oxygen atoms in total. The average Bonchev–Trinajstić information content (AvgIpc) is 2.61. The van der Waals surface area contributed by atoms with Crippen LogP contribution in [0.1, 0.15) is 11.1 Å². The summed E-state index contributed by atoms with van der Waals surface area (Å²) in [7, 11) is 0. The second-order valence-corrected chi connectivity index (χ2v) is 5.83. The second-order valence-electron chi connectivity index (χ2n) is 5.39. The van der Waals surface area contributed by atoms with Crippen LogP contribution in [0.5, 0.6) is 0 Å². The fraction of sp³-hybridized carbons (Fsp3) is 0.222. The fourth-order valence-electron chi connectivity index (χ4n) is 2.07. The number of rotatable bonds is 7. The molecule has 25 heavy (non-hydrogen) atoms. The lowest BCUT2D eigenvalue weighted by molar-refractivity contribution is -0.120. The highest BCUT2D eigenvalue weighted by Crippen LogP contribution is 2.09. The van der Waals surface area contributed by atoms with Crippen LogP contribution in [0.3, 0.4) is 0 Å². The number of nitrogens with one attached hydrogen (secondary N) is 3. The van der Waals surface area contributed by atoms with Gasteiger partial charge in [0.05, 0.1) is 6.54 Å². The molecule has 7 heteroatoms. The van der Waals surface area contributed by atoms with Crippen LogP contribution in [0, 0.1) is 5.82 Å². The van der Waals surface area contributed by atoms with Crippen LogP contribution in [0.15, 0.2) is 48.5 Å². The first kappa shape index (κ1) is 18.7. The number of benzene rings is 2. The van der Waals surface area contributed by atoms with Gasteiger partial charge < -0.3 is 16.0 Å². The minimum Gasteiger partial charge on any atom is -0.354 e. The predicted octanol–water partition coefficient (Wildman–Crippen LogP) is 2.64. The van der Waals surface area contributed by atoms with E-state index >= 15 is 0 Å². The third-order valence-electron chi connectivity index (χ3n) is 3.42. The summed E-state index contributed by atoms with van der Waals surface area (Å²) in [6.07, 6.45) is 0.680. The maximum Gasteiger partial charge on any atom is 0.315 e. The molecule has 2 aromatic rings. The number of carbonyl (C=O) groups excluding carboxylic acids is 2. The van der Waals surface area contributed by atoms with E-state index in [1.54, 1.807) is 24.3 Å². The number of urea groups is 1. The van der Waals surface area contributed by atoms with Gasteiger partial charge in [0.2, 0.25) is 5.91 Å². The van der Waals surface area contributed by atoms with Crippen LogP contribution in [-0.4, -0.2) is 25.0 Å². The summed E-state index contributed by atoms with van der Waals surface area (Å²) in [5.74, 6) is -0.602. The molecule has 3 amide bonds. The number of carbonyl (C=O) groups is 2. The molecule has 0 spiro atoms. The van der Waals surface area contributed by atoms with Gasteiger partial charge in [0.25, 0.3) is 0 Å². The standard InChI is InChI=1S/C18H19ClFN3O2/c19-15-5-1-13(2-6-15)9-10-21-17(24)12-23-18(25)22-11-14-3-7-16(20)8-4-14/h1-8H,9-12H2,(H,21,24)(H2,22,23,25). The molecule has 0 bridgehead atoms. The van der Waals surface area contributed by atoms with E-state index in [0.717, 1.165) is 11.1 Å². The fourth-order valence-corrected chi connectivity index (χ4v) is 2.19. The highest BCUT2D eigenvalue weighted by atomic mass is 35.5. The van der Waals surface area contributed by atoms with E-state index in [1.165, 1.54) is 12.1 Å². The van der Waals surface area contributed by atoms with E-state index in [1.807, 2.05) is 12.1 Å². The molecule has 0 saturated heterocycles. The molecule has 132 valence electrons. The van der Waals surface area contributed by atoms with Gasteiger partial charge in [-0.2, -0.15) is 0 Å². The normalized spacial score (nSPS) is 10.2. The van der Waals surface area contributed by atoms with Gasteiger partial charge in [-0.1, -0.05) is 35.9 Å². The van der Waals surface area contributed by atoms with Crippen molar-refractivity contribution in [2.75, 3.05) is 13.1 Å². The summed E-state index contributed by atoms with van der Waals surface area (Å²) in [5.41, 5.74) is 1.83. The molecule has 0 aliphatic carbocycles. The summed E-state index contributed by atoms with van der Waals surface area (Å²) in [6.45, 7) is 0.611. The molecule has 0 radical (unpaired) electrons. The van der Waals surface area contributed by atoms with Crippen LogP contribution in [0.2, 0.25) is 5.02 Å². The van der Waals surface area contributed by atoms with Gasteiger partial charge in [-0.15, -0.1) is 0 Å². The van der Waals surface area contributed by atoms with Crippen molar-refractivity contribution >= 4 is 23.5 Å². The van der Waals surface area contributed by atoms with Gasteiger partial charge in [-0.05, 0) is 41.8 Å². The molecule has 0 heterocycles. The van der Waals surface area contributed by atoms with Crippen molar-refractivity contribution in [3.05, 3.63) is 70.5 Å². The summed E-state index contributed by atoms with van der Waals surface area (Å²) >= 11 is 5.81. The maximum atomic E-state index is 12.8. The first-order chi connectivity index (χ1) is 12.0. The number of amides is 3. The van der Waals surface area contributed by atoms with Crippen LogP contribution < -0.4 is 16.0 Å². The Bertz CT molecular complexity index is 705. The van der Waals surface area contributed by atoms with Crippen molar-refractivity contribution in [3.63, 3.8) is 0 Å². The smallest absolute Gasteiger partial charge is 0.315 e. The Morgan fingerprint density at radius 2 is 1.52 bits per heavy atom. The molecule has 0 fully saturated rings. The Hall–Kier alpha value is -2.60. The van der Waals surface area contributed by atoms with Gasteiger partial charge in [0.1, 0.15) is 5.82 Å². The van der Waals surface area contributed by atoms with Crippen LogP contribution in [0.25, 0.3) is 0 Å². The molecule has 0 atom stereocenters. The summed E-state index contributed by atoms with van der Waals surface area (Å²) < 4.78 is 12.8. The minimum absolute atomic E-state index is 0.115. The van der Waals surface area contributed by atoms with E-state index in [2.05, 4.69) is 16.0 Å². The van der Waals surface area contributed by atoms with Crippen molar-refractivity contribution in [2.24, 2.45) is 0 Å². The van der Waals surface area contributed by atoms with Crippen molar-refractivity contribution in [1.82, 2.24) is 16.0 Å². The van der Waals surface area contributed by atoms with E-state index in [9.17, 15) is 14.0 Å². The quantitative estimate of drug-likeness (QED) is 0.707. The molecular weight excluding hydrogens is 345 g/mol. The third kappa shape index (κ3) is 7.22. The van der Waals surface area contributed by atoms with Crippen molar-refractivity contribution in [2.45, 2.75) is 13.0 Å². The monoisotopic (exact) mass is 363 g/mol. The SMILES string of the molecule is O=C(CNC(=O)NCc1ccc(F)cc1)NCCc1ccc(Cl)cc1. The van der Waals surface area contributed by atoms with Gasteiger partial charge in [0.15, 0.2) is 0 Å². The summed E-state index contributed by atoms with van der Waals surface area (Å²) in [6, 6.07) is 12.7. The zero-order valence-corrected chi connectivity index (χ0v) is 14.3. The van der Waals surface area contributed by atoms with Crippen molar-refractivity contribution < 1.29 is 14.0 Å². The third-order valence-corrected chi connectivity index (χ3v) is 3.68. The first-order valence-corrected chi connectivity index (χ1v) is 8.18. The maximum absolute atomic E-state index is 12.8. The first-order valence-electron chi connectivity index (χ1n) is 7.80. The summed E-state index contributed by atoms with van der Waals surface area (Å²) in [4.78, 5) is 23.3. The molecule has 2 aromatic carbocycles. The predicted molar refractivity (Wildman–Crippen MR) is 94.8 cm³/mol. The topological polar surface area (TPSA) is 70.2 Å². The van der Waals surface area contributed by atoms with Crippen molar-refractivity contribution in [1.29, 1.82) is 0 Å². The Kier molecular flexibility index (Phi) is 7.22. The van der Waals surface area contributed by atoms with E-state index in [4.69, 9.17) is 11.6 Å². The lowest BCUT2D eigenvalue weighted by Crippen LogP contribution is -2.42.